The van der Waals surface area contributed by atoms with Crippen LogP contribution in [0.3, 0.4) is 0 Å². The number of aliphatic hydroxyl groups excluding tert-OH is 1. The number of hydrogen-bond donors (Lipinski definition) is 1. The van der Waals surface area contributed by atoms with Gasteiger partial charge < -0.3 is 9.84 Å². The fourth-order valence-electron chi connectivity index (χ4n) is 1.99. The third kappa shape index (κ3) is 4.51. The predicted octanol–water partition coefficient (Wildman–Crippen LogP) is 2.92. The third-order valence-corrected chi connectivity index (χ3v) is 3.05. The summed E-state index contributed by atoms with van der Waals surface area (Å²) in [5.41, 5.74) is -0.141. The van der Waals surface area contributed by atoms with Crippen molar-refractivity contribution in [2.75, 3.05) is 6.61 Å². The van der Waals surface area contributed by atoms with E-state index in [1.54, 1.807) is 0 Å². The first-order chi connectivity index (χ1) is 8.52. The van der Waals surface area contributed by atoms with E-state index in [0.717, 1.165) is 25.2 Å². The Bertz CT molecular complexity index is 324. The van der Waals surface area contributed by atoms with Gasteiger partial charge in [-0.1, -0.05) is 39.5 Å². The van der Waals surface area contributed by atoms with Crippen molar-refractivity contribution in [1.82, 2.24) is 0 Å². The molecule has 0 spiro atoms. The average molecular weight is 254 g/mol. The van der Waals surface area contributed by atoms with Gasteiger partial charge in [-0.25, -0.2) is 4.79 Å². The van der Waals surface area contributed by atoms with Crippen LogP contribution in [-0.2, 0) is 14.3 Å². The number of hydrogen-bond acceptors (Lipinski definition) is 4. The second kappa shape index (κ2) is 7.19. The first kappa shape index (κ1) is 14.7. The molecule has 0 atom stereocenters. The van der Waals surface area contributed by atoms with Crippen LogP contribution in [0.25, 0.3) is 0 Å². The molecule has 0 aromatic heterocycles. The Balaban J connectivity index is 2.25. The van der Waals surface area contributed by atoms with Gasteiger partial charge in [0.15, 0.2) is 6.61 Å². The number of carbonyl (C=O) groups excluding carboxylic acids is 2. The zero-order valence-corrected chi connectivity index (χ0v) is 11.2. The molecule has 1 heterocycles. The van der Waals surface area contributed by atoms with E-state index >= 15 is 0 Å². The Hall–Kier alpha value is -1.32. The van der Waals surface area contributed by atoms with Crippen molar-refractivity contribution in [2.45, 2.75) is 52.4 Å². The summed E-state index contributed by atoms with van der Waals surface area (Å²) >= 11 is 0. The number of rotatable bonds is 7. The summed E-state index contributed by atoms with van der Waals surface area (Å²) in [6.45, 7) is 4.17. The number of carbonyl (C=O) groups is 2. The summed E-state index contributed by atoms with van der Waals surface area (Å²) in [7, 11) is 0. The van der Waals surface area contributed by atoms with E-state index in [4.69, 9.17) is 0 Å². The van der Waals surface area contributed by atoms with E-state index in [9.17, 15) is 14.7 Å². The molecule has 1 fully saturated rings. The lowest BCUT2D eigenvalue weighted by Gasteiger charge is -2.04. The van der Waals surface area contributed by atoms with Gasteiger partial charge in [-0.3, -0.25) is 4.79 Å². The summed E-state index contributed by atoms with van der Waals surface area (Å²) in [5, 5.41) is 9.69. The molecular formula is C14H22O4. The molecule has 4 heteroatoms. The van der Waals surface area contributed by atoms with Gasteiger partial charge in [-0.05, 0) is 12.3 Å². The van der Waals surface area contributed by atoms with Gasteiger partial charge >= 0.3 is 5.97 Å². The number of allylic oxidation sites excluding steroid dienone is 1. The van der Waals surface area contributed by atoms with Gasteiger partial charge in [0, 0.05) is 6.42 Å². The summed E-state index contributed by atoms with van der Waals surface area (Å²) in [6, 6.07) is 0. The quantitative estimate of drug-likeness (QED) is 0.249. The predicted molar refractivity (Wildman–Crippen MR) is 68.2 cm³/mol. The second-order valence-electron chi connectivity index (χ2n) is 5.17. The van der Waals surface area contributed by atoms with Gasteiger partial charge in [-0.2, -0.15) is 0 Å². The van der Waals surface area contributed by atoms with Gasteiger partial charge in [0.05, 0.1) is 0 Å². The lowest BCUT2D eigenvalue weighted by molar-refractivity contribution is -0.135. The standard InChI is InChI=1S/C14H22O4/c1-10(2)7-5-3-4-6-8-11(15)13-12(16)9-18-14(13)17/h10,15H,3-9H2,1-2H3/b13-11-. The first-order valence-corrected chi connectivity index (χ1v) is 6.64. The lowest BCUT2D eigenvalue weighted by atomic mass is 10.0. The van der Waals surface area contributed by atoms with Gasteiger partial charge in [0.25, 0.3) is 0 Å². The number of esters is 1. The molecule has 1 N–H and O–H groups in total. The molecule has 0 aromatic carbocycles. The zero-order valence-electron chi connectivity index (χ0n) is 11.2. The van der Waals surface area contributed by atoms with Crippen LogP contribution in [0.4, 0.5) is 0 Å². The van der Waals surface area contributed by atoms with Crippen LogP contribution in [0.2, 0.25) is 0 Å². The molecule has 4 nitrogen and oxygen atoms in total. The minimum atomic E-state index is -0.683. The van der Waals surface area contributed by atoms with E-state index in [1.165, 1.54) is 12.8 Å². The van der Waals surface area contributed by atoms with Gasteiger partial charge in [-0.15, -0.1) is 0 Å². The smallest absolute Gasteiger partial charge is 0.345 e. The highest BCUT2D eigenvalue weighted by atomic mass is 16.5. The van der Waals surface area contributed by atoms with Crippen LogP contribution < -0.4 is 0 Å². The lowest BCUT2D eigenvalue weighted by Crippen LogP contribution is -2.05. The molecule has 0 aromatic rings. The Kier molecular flexibility index (Phi) is 5.89. The maximum absolute atomic E-state index is 11.3. The highest BCUT2D eigenvalue weighted by Gasteiger charge is 2.31. The zero-order chi connectivity index (χ0) is 13.5. The molecule has 1 saturated heterocycles. The number of cyclic esters (lactones) is 1. The largest absolute Gasteiger partial charge is 0.511 e. The molecule has 1 aliphatic heterocycles. The maximum Gasteiger partial charge on any atom is 0.345 e. The molecule has 1 rings (SSSR count). The van der Waals surface area contributed by atoms with Crippen LogP contribution in [0, 0.1) is 5.92 Å². The fourth-order valence-corrected chi connectivity index (χ4v) is 1.99. The molecule has 0 saturated carbocycles. The minimum absolute atomic E-state index is 0.105. The Morgan fingerprint density at radius 3 is 2.44 bits per heavy atom. The molecule has 1 aliphatic rings. The van der Waals surface area contributed by atoms with Gasteiger partial charge in [0.2, 0.25) is 5.78 Å². The number of ketones is 1. The SMILES string of the molecule is CC(C)CCCCCC/C(O)=C1\C(=O)COC1=O. The Morgan fingerprint density at radius 2 is 1.89 bits per heavy atom. The fraction of sp³-hybridized carbons (Fsp3) is 0.714. The molecule has 18 heavy (non-hydrogen) atoms. The summed E-state index contributed by atoms with van der Waals surface area (Å²) in [5.74, 6) is -0.465. The van der Waals surface area contributed by atoms with Crippen molar-refractivity contribution in [2.24, 2.45) is 5.92 Å². The monoisotopic (exact) mass is 254 g/mol. The van der Waals surface area contributed by atoms with Crippen molar-refractivity contribution in [3.8, 4) is 0 Å². The van der Waals surface area contributed by atoms with E-state index in [-0.39, 0.29) is 17.9 Å². The van der Waals surface area contributed by atoms with Crippen molar-refractivity contribution in [1.29, 1.82) is 0 Å². The molecule has 102 valence electrons. The second-order valence-corrected chi connectivity index (χ2v) is 5.17. The van der Waals surface area contributed by atoms with Gasteiger partial charge in [0.1, 0.15) is 11.3 Å². The van der Waals surface area contributed by atoms with Crippen molar-refractivity contribution >= 4 is 11.8 Å². The van der Waals surface area contributed by atoms with E-state index in [2.05, 4.69) is 18.6 Å². The molecular weight excluding hydrogens is 232 g/mol. The maximum atomic E-state index is 11.3. The molecule has 0 aliphatic carbocycles. The number of aliphatic hydroxyl groups is 1. The van der Waals surface area contributed by atoms with Crippen molar-refractivity contribution in [3.63, 3.8) is 0 Å². The summed E-state index contributed by atoms with van der Waals surface area (Å²) in [4.78, 5) is 22.4. The first-order valence-electron chi connectivity index (χ1n) is 6.64. The van der Waals surface area contributed by atoms with Crippen LogP contribution in [0.1, 0.15) is 52.4 Å². The topological polar surface area (TPSA) is 63.6 Å². The molecule has 0 radical (unpaired) electrons. The molecule has 0 bridgehead atoms. The van der Waals surface area contributed by atoms with E-state index in [1.807, 2.05) is 0 Å². The molecule has 0 amide bonds. The number of ether oxygens (including phenoxy) is 1. The van der Waals surface area contributed by atoms with Crippen molar-refractivity contribution in [3.05, 3.63) is 11.3 Å². The van der Waals surface area contributed by atoms with Crippen LogP contribution >= 0.6 is 0 Å². The number of Topliss-reactive ketones (excluding diaryl/α,β-unsaturated/α-hetero) is 1. The average Bonchev–Trinajstić information content (AvgIpc) is 2.63. The number of unbranched alkanes of at least 4 members (excludes halogenated alkanes) is 3. The minimum Gasteiger partial charge on any atom is -0.511 e. The van der Waals surface area contributed by atoms with E-state index < -0.39 is 11.8 Å². The Morgan fingerprint density at radius 1 is 1.22 bits per heavy atom. The van der Waals surface area contributed by atoms with Crippen LogP contribution in [0.15, 0.2) is 11.3 Å². The van der Waals surface area contributed by atoms with Crippen molar-refractivity contribution < 1.29 is 19.4 Å². The highest BCUT2D eigenvalue weighted by Crippen LogP contribution is 2.18. The highest BCUT2D eigenvalue weighted by molar-refractivity contribution is 6.22. The van der Waals surface area contributed by atoms with Crippen LogP contribution in [-0.4, -0.2) is 23.5 Å². The Labute approximate surface area is 108 Å². The molecule has 0 unspecified atom stereocenters. The van der Waals surface area contributed by atoms with E-state index in [0.29, 0.717) is 6.42 Å². The van der Waals surface area contributed by atoms with Crippen LogP contribution in [0.5, 0.6) is 0 Å². The normalized spacial score (nSPS) is 18.4. The third-order valence-electron chi connectivity index (χ3n) is 3.05. The summed E-state index contributed by atoms with van der Waals surface area (Å²) < 4.78 is 4.56. The summed E-state index contributed by atoms with van der Waals surface area (Å²) in [6.07, 6.45) is 5.73.